The number of carbonyl (C=O) groups excluding carboxylic acids is 1. The molecular formula is C44H57F2N5O4SSi. The van der Waals surface area contributed by atoms with Gasteiger partial charge in [-0.3, -0.25) is 9.89 Å². The van der Waals surface area contributed by atoms with E-state index in [2.05, 4.69) is 62.9 Å². The number of hydrogen-bond donors (Lipinski definition) is 0. The van der Waals surface area contributed by atoms with Crippen LogP contribution in [0, 0.1) is 23.2 Å². The van der Waals surface area contributed by atoms with Crippen LogP contribution in [0.1, 0.15) is 112 Å². The first kappa shape index (κ1) is 41.3. The Morgan fingerprint density at radius 3 is 2.32 bits per heavy atom. The molecule has 5 aliphatic heterocycles. The highest BCUT2D eigenvalue weighted by Crippen LogP contribution is 2.46. The van der Waals surface area contributed by atoms with E-state index >= 15 is 8.78 Å². The molecule has 2 aromatic rings. The molecule has 5 atom stereocenters. The standard InChI is InChI=1S/C44H57F2N5O4SSi/c1-11-56(53,54)42-48-40-37-33(16-13-17-34-35-21-19-29(24-50(34)41(37)49-42)51(35)43(52)55-44(8,9)10)47-39(38(40)46)31-15-12-14-28-18-20-32(45)30(36(28)31)22-23-57(25(2)3,26(4)5)27(6)7/h12,14-15,18,20,25-27,29,33-35,37H,11,13,16-17,19,21,24H2,1-10H3/t29-,33?,34-,35+,37?/m1/s1. The number of halogens is 2. The Kier molecular flexibility index (Phi) is 10.9. The summed E-state index contributed by atoms with van der Waals surface area (Å²) in [5, 5.41) is 0.762. The number of amides is 1. The SMILES string of the molecule is CCS(=O)(=O)C1=NC2=C(F)C(c3cccc4ccc(F)c(C#C[Si](C(C)C)(C(C)C)C(C)C)c34)=NC3CCC[C@@H]4[C@@H]5CC[C@H](CN4C(=N1)C23)N5C(=O)OC(C)(C)C. The first-order chi connectivity index (χ1) is 26.8. The van der Waals surface area contributed by atoms with Crippen LogP contribution in [0.25, 0.3) is 10.8 Å². The molecule has 2 bridgehead atoms. The van der Waals surface area contributed by atoms with Crippen LogP contribution in [0.2, 0.25) is 16.6 Å². The lowest BCUT2D eigenvalue weighted by atomic mass is 9.81. The number of hydrogen-bond acceptors (Lipinski definition) is 8. The third kappa shape index (κ3) is 7.06. The number of sulfone groups is 1. The van der Waals surface area contributed by atoms with Gasteiger partial charge < -0.3 is 9.64 Å². The van der Waals surface area contributed by atoms with Crippen LogP contribution < -0.4 is 0 Å². The van der Waals surface area contributed by atoms with Gasteiger partial charge in [-0.25, -0.2) is 32.0 Å². The third-order valence-electron chi connectivity index (χ3n) is 13.0. The summed E-state index contributed by atoms with van der Waals surface area (Å²) in [6.07, 6.45) is 3.17. The topological polar surface area (TPSA) is 104 Å². The summed E-state index contributed by atoms with van der Waals surface area (Å²) in [5.74, 6) is 1.55. The summed E-state index contributed by atoms with van der Waals surface area (Å²) < 4.78 is 66.8. The first-order valence-electron chi connectivity index (χ1n) is 20.7. The molecule has 13 heteroatoms. The van der Waals surface area contributed by atoms with Crippen molar-refractivity contribution in [2.75, 3.05) is 12.3 Å². The fourth-order valence-electron chi connectivity index (χ4n) is 10.4. The second kappa shape index (κ2) is 15.0. The van der Waals surface area contributed by atoms with Gasteiger partial charge in [-0.1, -0.05) is 78.7 Å². The Bertz CT molecular complexity index is 2260. The second-order valence-corrected chi connectivity index (χ2v) is 26.1. The minimum Gasteiger partial charge on any atom is -0.444 e. The largest absolute Gasteiger partial charge is 0.444 e. The number of aliphatic imine (C=N–C) groups is 3. The molecule has 5 aliphatic rings. The van der Waals surface area contributed by atoms with Crippen LogP contribution in [-0.2, 0) is 14.6 Å². The molecule has 2 unspecified atom stereocenters. The number of amidine groups is 2. The fraction of sp³-hybridized carbons (Fsp3) is 0.591. The maximum absolute atomic E-state index is 17.6. The Labute approximate surface area is 338 Å². The summed E-state index contributed by atoms with van der Waals surface area (Å²) >= 11 is 0. The molecule has 306 valence electrons. The van der Waals surface area contributed by atoms with E-state index in [0.717, 1.165) is 19.3 Å². The second-order valence-electron chi connectivity index (χ2n) is 18.3. The minimum atomic E-state index is -3.97. The number of fused-ring (bicyclic) bond motifs is 6. The Morgan fingerprint density at radius 1 is 0.965 bits per heavy atom. The molecule has 3 saturated heterocycles. The van der Waals surface area contributed by atoms with Gasteiger partial charge in [-0.05, 0) is 81.0 Å². The van der Waals surface area contributed by atoms with Crippen LogP contribution in [-0.4, -0.2) is 91.2 Å². The van der Waals surface area contributed by atoms with Gasteiger partial charge in [-0.15, -0.1) is 5.54 Å². The molecule has 9 nitrogen and oxygen atoms in total. The molecule has 0 aromatic heterocycles. The normalized spacial score (nSPS) is 25.0. The maximum Gasteiger partial charge on any atom is 0.410 e. The number of allylic oxidation sites excluding steroid dienone is 1. The van der Waals surface area contributed by atoms with Crippen LogP contribution in [0.3, 0.4) is 0 Å². The van der Waals surface area contributed by atoms with E-state index in [-0.39, 0.29) is 46.9 Å². The first-order valence-corrected chi connectivity index (χ1v) is 24.6. The Hall–Kier alpha value is -3.89. The van der Waals surface area contributed by atoms with Crippen molar-refractivity contribution >= 4 is 51.5 Å². The zero-order valence-corrected chi connectivity index (χ0v) is 36.8. The maximum atomic E-state index is 17.6. The van der Waals surface area contributed by atoms with Crippen LogP contribution in [0.5, 0.6) is 0 Å². The van der Waals surface area contributed by atoms with E-state index in [4.69, 9.17) is 14.7 Å². The molecule has 1 amide bonds. The van der Waals surface area contributed by atoms with Crippen molar-refractivity contribution in [1.29, 1.82) is 0 Å². The lowest BCUT2D eigenvalue weighted by Crippen LogP contribution is -2.65. The molecule has 0 radical (unpaired) electrons. The summed E-state index contributed by atoms with van der Waals surface area (Å²) in [6.45, 7) is 20.7. The van der Waals surface area contributed by atoms with Gasteiger partial charge in [0.2, 0.25) is 15.0 Å². The van der Waals surface area contributed by atoms with Gasteiger partial charge in [0, 0.05) is 17.5 Å². The highest BCUT2D eigenvalue weighted by molar-refractivity contribution is 8.06. The number of piperazine rings is 1. The average Bonchev–Trinajstić information content (AvgIpc) is 3.47. The smallest absolute Gasteiger partial charge is 0.410 e. The van der Waals surface area contributed by atoms with Crippen LogP contribution >= 0.6 is 0 Å². The van der Waals surface area contributed by atoms with Crippen molar-refractivity contribution < 1.29 is 26.7 Å². The molecule has 5 heterocycles. The van der Waals surface area contributed by atoms with E-state index in [0.29, 0.717) is 58.2 Å². The van der Waals surface area contributed by atoms with E-state index in [9.17, 15) is 13.2 Å². The van der Waals surface area contributed by atoms with E-state index in [1.54, 1.807) is 18.2 Å². The molecule has 0 N–H and O–H groups in total. The lowest BCUT2D eigenvalue weighted by Gasteiger charge is -2.51. The van der Waals surface area contributed by atoms with Gasteiger partial charge in [0.25, 0.3) is 0 Å². The van der Waals surface area contributed by atoms with E-state index in [1.165, 1.54) is 13.0 Å². The average molecular weight is 818 g/mol. The number of carbonyl (C=O) groups is 1. The summed E-state index contributed by atoms with van der Waals surface area (Å²) in [6, 6.07) is 7.51. The molecule has 7 rings (SSSR count). The highest BCUT2D eigenvalue weighted by atomic mass is 32.2. The van der Waals surface area contributed by atoms with Crippen molar-refractivity contribution in [2.24, 2.45) is 20.9 Å². The van der Waals surface area contributed by atoms with Crippen LogP contribution in [0.4, 0.5) is 13.6 Å². The zero-order valence-electron chi connectivity index (χ0n) is 35.0. The number of dihydropyridines is 1. The Morgan fingerprint density at radius 2 is 1.67 bits per heavy atom. The predicted molar refractivity (Wildman–Crippen MR) is 227 cm³/mol. The van der Waals surface area contributed by atoms with Crippen molar-refractivity contribution in [1.82, 2.24) is 9.80 Å². The van der Waals surface area contributed by atoms with Gasteiger partial charge >= 0.3 is 6.09 Å². The van der Waals surface area contributed by atoms with Gasteiger partial charge in [0.1, 0.15) is 31.0 Å². The van der Waals surface area contributed by atoms with Crippen molar-refractivity contribution in [3.63, 3.8) is 0 Å². The number of nitrogens with zero attached hydrogens (tertiary/aromatic N) is 5. The fourth-order valence-corrected chi connectivity index (χ4v) is 16.4. The summed E-state index contributed by atoms with van der Waals surface area (Å²) in [7, 11) is -6.25. The number of ether oxygens (including phenoxy) is 1. The van der Waals surface area contributed by atoms with Crippen molar-refractivity contribution in [2.45, 2.75) is 148 Å². The molecule has 2 aromatic carbocycles. The van der Waals surface area contributed by atoms with E-state index < -0.39 is 52.3 Å². The van der Waals surface area contributed by atoms with Crippen LogP contribution in [0.15, 0.2) is 56.8 Å². The van der Waals surface area contributed by atoms with Crippen molar-refractivity contribution in [3.8, 4) is 11.5 Å². The third-order valence-corrected chi connectivity index (χ3v) is 20.8. The molecule has 0 saturated carbocycles. The lowest BCUT2D eigenvalue weighted by molar-refractivity contribution is -0.0118. The predicted octanol–water partition coefficient (Wildman–Crippen LogP) is 9.36. The van der Waals surface area contributed by atoms with Gasteiger partial charge in [-0.2, -0.15) is 0 Å². The Balaban J connectivity index is 1.38. The molecule has 3 fully saturated rings. The van der Waals surface area contributed by atoms with Crippen molar-refractivity contribution in [3.05, 3.63) is 58.8 Å². The summed E-state index contributed by atoms with van der Waals surface area (Å²) in [4.78, 5) is 32.0. The number of benzene rings is 2. The number of rotatable bonds is 5. The highest BCUT2D eigenvalue weighted by Gasteiger charge is 2.54. The van der Waals surface area contributed by atoms with Gasteiger partial charge in [0.15, 0.2) is 5.83 Å². The molecular weight excluding hydrogens is 761 g/mol. The van der Waals surface area contributed by atoms with E-state index in [1.807, 2.05) is 31.7 Å². The monoisotopic (exact) mass is 817 g/mol. The molecule has 57 heavy (non-hydrogen) atoms. The summed E-state index contributed by atoms with van der Waals surface area (Å²) in [5.41, 5.74) is 4.61. The minimum absolute atomic E-state index is 0.0171. The zero-order chi connectivity index (χ0) is 41.4. The van der Waals surface area contributed by atoms with Gasteiger partial charge in [0.05, 0.1) is 47.1 Å². The molecule has 0 spiro atoms. The quantitative estimate of drug-likeness (QED) is 0.221. The molecule has 0 aliphatic carbocycles.